The van der Waals surface area contributed by atoms with Crippen molar-refractivity contribution in [1.29, 1.82) is 0 Å². The van der Waals surface area contributed by atoms with Gasteiger partial charge < -0.3 is 14.4 Å². The third-order valence-electron chi connectivity index (χ3n) is 4.02. The molecule has 118 valence electrons. The number of aromatic nitrogens is 3. The van der Waals surface area contributed by atoms with Crippen molar-refractivity contribution < 1.29 is 9.47 Å². The Bertz CT molecular complexity index is 674. The van der Waals surface area contributed by atoms with Gasteiger partial charge in [0.2, 0.25) is 5.95 Å². The van der Waals surface area contributed by atoms with Gasteiger partial charge in [-0.15, -0.1) is 10.2 Å². The quantitative estimate of drug-likeness (QED) is 0.865. The second kappa shape index (κ2) is 6.14. The van der Waals surface area contributed by atoms with Crippen molar-refractivity contribution in [1.82, 2.24) is 14.8 Å². The summed E-state index contributed by atoms with van der Waals surface area (Å²) in [6.07, 6.45) is 1.26. The Morgan fingerprint density at radius 2 is 2.09 bits per heavy atom. The minimum absolute atomic E-state index is 0.255. The van der Waals surface area contributed by atoms with Crippen LogP contribution in [0.5, 0.6) is 5.75 Å². The molecule has 1 aromatic carbocycles. The van der Waals surface area contributed by atoms with Crippen LogP contribution in [-0.2, 0) is 11.8 Å². The predicted octanol–water partition coefficient (Wildman–Crippen LogP) is 2.37. The maximum absolute atomic E-state index is 6.02. The first-order valence-corrected chi connectivity index (χ1v) is 7.53. The van der Waals surface area contributed by atoms with Gasteiger partial charge in [-0.25, -0.2) is 0 Å². The zero-order chi connectivity index (χ0) is 15.7. The fourth-order valence-corrected chi connectivity index (χ4v) is 2.95. The van der Waals surface area contributed by atoms with Gasteiger partial charge in [0.15, 0.2) is 5.82 Å². The summed E-state index contributed by atoms with van der Waals surface area (Å²) >= 11 is 6.02. The monoisotopic (exact) mass is 322 g/mol. The van der Waals surface area contributed by atoms with E-state index in [1.165, 1.54) is 0 Å². The van der Waals surface area contributed by atoms with E-state index in [-0.39, 0.29) is 6.10 Å². The Hall–Kier alpha value is -1.79. The summed E-state index contributed by atoms with van der Waals surface area (Å²) in [5.74, 6) is 2.28. The van der Waals surface area contributed by atoms with Gasteiger partial charge in [0.25, 0.3) is 0 Å². The van der Waals surface area contributed by atoms with Crippen LogP contribution in [0.4, 0.5) is 5.95 Å². The number of halogens is 1. The largest absolute Gasteiger partial charge is 0.496 e. The first-order chi connectivity index (χ1) is 10.6. The summed E-state index contributed by atoms with van der Waals surface area (Å²) in [5, 5.41) is 9.29. The van der Waals surface area contributed by atoms with E-state index in [1.807, 2.05) is 23.7 Å². The number of nitrogens with zero attached hydrogens (tertiary/aromatic N) is 4. The molecule has 0 amide bonds. The fraction of sp³-hybridized carbons (Fsp3) is 0.467. The maximum Gasteiger partial charge on any atom is 0.227 e. The Morgan fingerprint density at radius 3 is 2.77 bits per heavy atom. The molecule has 1 aromatic heterocycles. The van der Waals surface area contributed by atoms with E-state index in [4.69, 9.17) is 21.1 Å². The number of anilines is 1. The topological polar surface area (TPSA) is 52.4 Å². The molecule has 1 aliphatic rings. The van der Waals surface area contributed by atoms with E-state index in [2.05, 4.69) is 15.1 Å². The van der Waals surface area contributed by atoms with E-state index >= 15 is 0 Å². The molecular weight excluding hydrogens is 304 g/mol. The highest BCUT2D eigenvalue weighted by atomic mass is 35.5. The number of methoxy groups -OCH3 is 2. The standard InChI is InChI=1S/C15H19ClN4O2/c1-19-14(12-5-4-10(16)8-13(12)22-3)17-18-15(19)20-7-6-11(9-20)21-2/h4-5,8,11H,6-7,9H2,1-3H3/t11-/m0/s1. The van der Waals surface area contributed by atoms with Crippen LogP contribution in [0.25, 0.3) is 11.4 Å². The summed E-state index contributed by atoms with van der Waals surface area (Å²) in [6.45, 7) is 1.75. The fourth-order valence-electron chi connectivity index (χ4n) is 2.78. The Labute approximate surface area is 134 Å². The number of rotatable bonds is 4. The average Bonchev–Trinajstić information content (AvgIpc) is 3.13. The average molecular weight is 323 g/mol. The summed E-state index contributed by atoms with van der Waals surface area (Å²) in [4.78, 5) is 2.19. The zero-order valence-corrected chi connectivity index (χ0v) is 13.7. The van der Waals surface area contributed by atoms with Crippen molar-refractivity contribution in [2.75, 3.05) is 32.2 Å². The summed E-state index contributed by atoms with van der Waals surface area (Å²) in [7, 11) is 5.32. The molecule has 0 spiro atoms. The lowest BCUT2D eigenvalue weighted by Gasteiger charge is -2.17. The Kier molecular flexibility index (Phi) is 4.22. The van der Waals surface area contributed by atoms with Crippen LogP contribution in [0.2, 0.25) is 5.02 Å². The summed E-state index contributed by atoms with van der Waals surface area (Å²) < 4.78 is 12.8. The van der Waals surface area contributed by atoms with Crippen LogP contribution in [0.1, 0.15) is 6.42 Å². The molecule has 22 heavy (non-hydrogen) atoms. The maximum atomic E-state index is 6.02. The number of hydrogen-bond donors (Lipinski definition) is 0. The van der Waals surface area contributed by atoms with Gasteiger partial charge in [-0.05, 0) is 24.6 Å². The van der Waals surface area contributed by atoms with Crippen molar-refractivity contribution in [3.05, 3.63) is 23.2 Å². The molecule has 0 aliphatic carbocycles. The first-order valence-electron chi connectivity index (χ1n) is 7.15. The second-order valence-corrected chi connectivity index (χ2v) is 5.76. The van der Waals surface area contributed by atoms with Crippen LogP contribution in [-0.4, -0.2) is 48.2 Å². The molecule has 0 N–H and O–H groups in total. The summed E-state index contributed by atoms with van der Waals surface area (Å²) in [6, 6.07) is 5.50. The van der Waals surface area contributed by atoms with E-state index in [0.717, 1.165) is 36.8 Å². The van der Waals surface area contributed by atoms with Gasteiger partial charge in [0.1, 0.15) is 5.75 Å². The van der Waals surface area contributed by atoms with E-state index < -0.39 is 0 Å². The molecule has 3 rings (SSSR count). The van der Waals surface area contributed by atoms with Crippen LogP contribution < -0.4 is 9.64 Å². The number of hydrogen-bond acceptors (Lipinski definition) is 5. The smallest absolute Gasteiger partial charge is 0.227 e. The molecular formula is C15H19ClN4O2. The van der Waals surface area contributed by atoms with E-state index in [9.17, 15) is 0 Å². The van der Waals surface area contributed by atoms with Gasteiger partial charge in [0.05, 0.1) is 18.8 Å². The first kappa shape index (κ1) is 15.1. The van der Waals surface area contributed by atoms with E-state index in [0.29, 0.717) is 10.8 Å². The SMILES string of the molecule is COc1cc(Cl)ccc1-c1nnc(N2CC[C@H](OC)C2)n1C. The number of ether oxygens (including phenoxy) is 2. The molecule has 0 radical (unpaired) electrons. The van der Waals surface area contributed by atoms with Crippen LogP contribution in [0, 0.1) is 0 Å². The molecule has 1 fully saturated rings. The van der Waals surface area contributed by atoms with Crippen LogP contribution >= 0.6 is 11.6 Å². The van der Waals surface area contributed by atoms with Crippen molar-refractivity contribution in [2.45, 2.75) is 12.5 Å². The molecule has 1 aliphatic heterocycles. The van der Waals surface area contributed by atoms with Crippen molar-refractivity contribution in [3.63, 3.8) is 0 Å². The molecule has 6 nitrogen and oxygen atoms in total. The Balaban J connectivity index is 1.94. The molecule has 1 atom stereocenters. The molecule has 7 heteroatoms. The highest BCUT2D eigenvalue weighted by molar-refractivity contribution is 6.30. The third kappa shape index (κ3) is 2.64. The van der Waals surface area contributed by atoms with Crippen molar-refractivity contribution in [2.24, 2.45) is 7.05 Å². The summed E-state index contributed by atoms with van der Waals surface area (Å²) in [5.41, 5.74) is 0.871. The lowest BCUT2D eigenvalue weighted by Crippen LogP contribution is -2.25. The van der Waals surface area contributed by atoms with Gasteiger partial charge >= 0.3 is 0 Å². The van der Waals surface area contributed by atoms with Gasteiger partial charge in [-0.3, -0.25) is 4.57 Å². The molecule has 1 saturated heterocycles. The lowest BCUT2D eigenvalue weighted by atomic mass is 10.2. The third-order valence-corrected chi connectivity index (χ3v) is 4.25. The van der Waals surface area contributed by atoms with E-state index in [1.54, 1.807) is 20.3 Å². The van der Waals surface area contributed by atoms with Gasteiger partial charge in [-0.1, -0.05) is 11.6 Å². The molecule has 2 heterocycles. The minimum Gasteiger partial charge on any atom is -0.496 e. The van der Waals surface area contributed by atoms with Gasteiger partial charge in [0, 0.05) is 32.3 Å². The van der Waals surface area contributed by atoms with Crippen molar-refractivity contribution >= 4 is 17.5 Å². The second-order valence-electron chi connectivity index (χ2n) is 5.32. The highest BCUT2D eigenvalue weighted by Crippen LogP contribution is 2.33. The minimum atomic E-state index is 0.255. The molecule has 0 bridgehead atoms. The molecule has 0 unspecified atom stereocenters. The predicted molar refractivity (Wildman–Crippen MR) is 85.6 cm³/mol. The zero-order valence-electron chi connectivity index (χ0n) is 12.9. The highest BCUT2D eigenvalue weighted by Gasteiger charge is 2.26. The van der Waals surface area contributed by atoms with Crippen molar-refractivity contribution in [3.8, 4) is 17.1 Å². The van der Waals surface area contributed by atoms with Crippen LogP contribution in [0.15, 0.2) is 18.2 Å². The normalized spacial score (nSPS) is 18.0. The molecule has 2 aromatic rings. The number of benzene rings is 1. The van der Waals surface area contributed by atoms with Gasteiger partial charge in [-0.2, -0.15) is 0 Å². The lowest BCUT2D eigenvalue weighted by molar-refractivity contribution is 0.121. The van der Waals surface area contributed by atoms with Crippen LogP contribution in [0.3, 0.4) is 0 Å². The Morgan fingerprint density at radius 1 is 1.27 bits per heavy atom. The molecule has 0 saturated carbocycles.